The molecule has 32 valence electrons. The zero-order valence-corrected chi connectivity index (χ0v) is 4.12. The summed E-state index contributed by atoms with van der Waals surface area (Å²) in [6.07, 6.45) is 3.63. The molecular formula is C6H9+. The molecule has 0 bridgehead atoms. The minimum Gasteiger partial charge on any atom is -0.0570 e. The van der Waals surface area contributed by atoms with E-state index in [1.54, 1.807) is 0 Å². The molecule has 0 nitrogen and oxygen atoms in total. The van der Waals surface area contributed by atoms with Gasteiger partial charge in [-0.1, -0.05) is 6.92 Å². The molecule has 0 amide bonds. The van der Waals surface area contributed by atoms with E-state index in [-0.39, 0.29) is 0 Å². The van der Waals surface area contributed by atoms with Gasteiger partial charge < -0.3 is 0 Å². The molecule has 0 aliphatic heterocycles. The Hall–Kier alpha value is -0.610. The summed E-state index contributed by atoms with van der Waals surface area (Å²) in [4.78, 5) is 0. The summed E-state index contributed by atoms with van der Waals surface area (Å²) < 4.78 is 0. The first-order chi connectivity index (χ1) is 2.81. The summed E-state index contributed by atoms with van der Waals surface area (Å²) in [5.74, 6) is 0. The zero-order chi connectivity index (χ0) is 4.99. The van der Waals surface area contributed by atoms with Crippen LogP contribution in [0, 0.1) is 6.08 Å². The van der Waals surface area contributed by atoms with E-state index in [1.807, 2.05) is 6.92 Å². The van der Waals surface area contributed by atoms with Crippen LogP contribution in [0.3, 0.4) is 0 Å². The van der Waals surface area contributed by atoms with Gasteiger partial charge in [0.1, 0.15) is 0 Å². The number of hydrogen-bond acceptors (Lipinski definition) is 0. The van der Waals surface area contributed by atoms with Crippen LogP contribution in [0.2, 0.25) is 0 Å². The third kappa shape index (κ3) is 1.68. The number of allylic oxidation sites excluding steroid dienone is 2. The van der Waals surface area contributed by atoms with Crippen molar-refractivity contribution in [2.24, 2.45) is 0 Å². The van der Waals surface area contributed by atoms with Crippen molar-refractivity contribution in [3.05, 3.63) is 24.8 Å². The van der Waals surface area contributed by atoms with Crippen LogP contribution in [0.15, 0.2) is 18.7 Å². The smallest absolute Gasteiger partial charge is 0.0570 e. The summed E-state index contributed by atoms with van der Waals surface area (Å²) in [6, 6.07) is 0. The fourth-order valence-electron chi connectivity index (χ4n) is 0.125. The summed E-state index contributed by atoms with van der Waals surface area (Å²) in [5, 5.41) is 0. The van der Waals surface area contributed by atoms with Gasteiger partial charge in [-0.25, -0.2) is 0 Å². The number of rotatable bonds is 2. The molecule has 0 atom stereocenters. The lowest BCUT2D eigenvalue weighted by atomic mass is 10.2. The lowest BCUT2D eigenvalue weighted by Gasteiger charge is -1.70. The maximum Gasteiger partial charge on any atom is 0.164 e. The molecule has 0 fully saturated rings. The summed E-state index contributed by atoms with van der Waals surface area (Å²) >= 11 is 0. The van der Waals surface area contributed by atoms with Gasteiger partial charge in [0.25, 0.3) is 0 Å². The topological polar surface area (TPSA) is 0 Å². The average Bonchev–Trinajstić information content (AvgIpc) is 1.65. The Morgan fingerprint density at radius 2 is 2.33 bits per heavy atom. The van der Waals surface area contributed by atoms with Gasteiger partial charge in [0.05, 0.1) is 6.08 Å². The van der Waals surface area contributed by atoms with E-state index < -0.39 is 0 Å². The van der Waals surface area contributed by atoms with Crippen LogP contribution in [0.1, 0.15) is 13.3 Å². The van der Waals surface area contributed by atoms with Crippen molar-refractivity contribution in [1.29, 1.82) is 0 Å². The van der Waals surface area contributed by atoms with E-state index in [4.69, 9.17) is 0 Å². The lowest BCUT2D eigenvalue weighted by Crippen LogP contribution is -1.64. The second kappa shape index (κ2) is 2.62. The van der Waals surface area contributed by atoms with Gasteiger partial charge >= 0.3 is 0 Å². The molecular weight excluding hydrogens is 72.1 g/mol. The van der Waals surface area contributed by atoms with Crippen LogP contribution in [0.4, 0.5) is 0 Å². The van der Waals surface area contributed by atoms with Crippen molar-refractivity contribution in [3.63, 3.8) is 0 Å². The van der Waals surface area contributed by atoms with E-state index in [1.165, 1.54) is 0 Å². The van der Waals surface area contributed by atoms with Gasteiger partial charge in [-0.05, 0) is 0 Å². The average molecular weight is 81.1 g/mol. The first-order valence-corrected chi connectivity index (χ1v) is 2.02. The summed E-state index contributed by atoms with van der Waals surface area (Å²) in [5.41, 5.74) is 0.981. The highest BCUT2D eigenvalue weighted by atomic mass is 13.8. The first-order valence-electron chi connectivity index (χ1n) is 2.02. The first kappa shape index (κ1) is 5.39. The predicted octanol–water partition coefficient (Wildman–Crippen LogP) is 1.94. The van der Waals surface area contributed by atoms with Crippen molar-refractivity contribution < 1.29 is 0 Å². The Kier molecular flexibility index (Phi) is 2.35. The monoisotopic (exact) mass is 81.1 g/mol. The van der Waals surface area contributed by atoms with Crippen LogP contribution in [0.5, 0.6) is 0 Å². The molecule has 0 saturated carbocycles. The Morgan fingerprint density at radius 3 is 2.33 bits per heavy atom. The second-order valence-corrected chi connectivity index (χ2v) is 1.13. The van der Waals surface area contributed by atoms with E-state index in [0.29, 0.717) is 0 Å². The second-order valence-electron chi connectivity index (χ2n) is 1.13. The summed E-state index contributed by atoms with van der Waals surface area (Å²) in [6.45, 7) is 9.05. The Morgan fingerprint density at radius 1 is 1.83 bits per heavy atom. The van der Waals surface area contributed by atoms with Crippen LogP contribution in [0.25, 0.3) is 0 Å². The van der Waals surface area contributed by atoms with Gasteiger partial charge in [-0.3, -0.25) is 0 Å². The van der Waals surface area contributed by atoms with E-state index in [9.17, 15) is 0 Å². The number of hydrogen-bond donors (Lipinski definition) is 0. The SMILES string of the molecule is C=[C+]C(=C)CC. The third-order valence-corrected chi connectivity index (χ3v) is 0.677. The normalized spacial score (nSPS) is 6.83. The largest absolute Gasteiger partial charge is 0.164 e. The molecule has 0 aliphatic rings. The molecule has 0 N–H and O–H groups in total. The van der Waals surface area contributed by atoms with Crippen LogP contribution >= 0.6 is 0 Å². The Labute approximate surface area is 39.2 Å². The molecule has 0 aromatic heterocycles. The van der Waals surface area contributed by atoms with Gasteiger partial charge in [0, 0.05) is 19.6 Å². The van der Waals surface area contributed by atoms with Gasteiger partial charge in [0.2, 0.25) is 0 Å². The van der Waals surface area contributed by atoms with Crippen LogP contribution < -0.4 is 0 Å². The van der Waals surface area contributed by atoms with E-state index in [2.05, 4.69) is 19.2 Å². The minimum absolute atomic E-state index is 0.962. The predicted molar refractivity (Wildman–Crippen MR) is 28.3 cm³/mol. The standard InChI is InChI=1S/C6H9/c1-4-6(3)5-2/h1,3,5H2,2H3/q+1. The Balaban J connectivity index is 3.23. The molecule has 0 aromatic carbocycles. The van der Waals surface area contributed by atoms with E-state index in [0.717, 1.165) is 12.0 Å². The van der Waals surface area contributed by atoms with E-state index >= 15 is 0 Å². The molecule has 6 heavy (non-hydrogen) atoms. The van der Waals surface area contributed by atoms with Gasteiger partial charge in [-0.15, -0.1) is 0 Å². The van der Waals surface area contributed by atoms with Crippen molar-refractivity contribution in [2.45, 2.75) is 13.3 Å². The van der Waals surface area contributed by atoms with Gasteiger partial charge in [0.15, 0.2) is 5.57 Å². The molecule has 0 aliphatic carbocycles. The molecule has 0 heterocycles. The maximum atomic E-state index is 3.62. The molecule has 0 aromatic rings. The van der Waals surface area contributed by atoms with Crippen molar-refractivity contribution in [1.82, 2.24) is 0 Å². The van der Waals surface area contributed by atoms with Crippen molar-refractivity contribution >= 4 is 0 Å². The fourth-order valence-corrected chi connectivity index (χ4v) is 0.125. The molecule has 0 unspecified atom stereocenters. The van der Waals surface area contributed by atoms with Crippen LogP contribution in [-0.4, -0.2) is 0 Å². The van der Waals surface area contributed by atoms with Crippen molar-refractivity contribution in [2.75, 3.05) is 0 Å². The molecule has 0 spiro atoms. The highest BCUT2D eigenvalue weighted by Gasteiger charge is 1.86. The molecule has 0 rings (SSSR count). The maximum absolute atomic E-state index is 3.62. The quantitative estimate of drug-likeness (QED) is 0.352. The fraction of sp³-hybridized carbons (Fsp3) is 0.333. The lowest BCUT2D eigenvalue weighted by molar-refractivity contribution is 1.15. The molecule has 0 heteroatoms. The summed E-state index contributed by atoms with van der Waals surface area (Å²) in [7, 11) is 0. The van der Waals surface area contributed by atoms with Gasteiger partial charge in [-0.2, -0.15) is 0 Å². The Bertz CT molecular complexity index is 60.4. The van der Waals surface area contributed by atoms with Crippen molar-refractivity contribution in [3.8, 4) is 0 Å². The highest BCUT2D eigenvalue weighted by molar-refractivity contribution is 5.02. The zero-order valence-electron chi connectivity index (χ0n) is 4.12. The van der Waals surface area contributed by atoms with Crippen LogP contribution in [-0.2, 0) is 0 Å². The minimum atomic E-state index is 0.962. The molecule has 0 radical (unpaired) electrons. The third-order valence-electron chi connectivity index (χ3n) is 0.677. The highest BCUT2D eigenvalue weighted by Crippen LogP contribution is 1.92. The molecule has 0 saturated heterocycles.